The van der Waals surface area contributed by atoms with Gasteiger partial charge in [-0.05, 0) is 13.0 Å². The Morgan fingerprint density at radius 3 is 2.60 bits per heavy atom. The lowest BCUT2D eigenvalue weighted by Crippen LogP contribution is -2.00. The van der Waals surface area contributed by atoms with Gasteiger partial charge in [-0.2, -0.15) is 9.37 Å². The summed E-state index contributed by atoms with van der Waals surface area (Å²) in [6, 6.07) is 4.16. The Kier molecular flexibility index (Phi) is 3.55. The lowest BCUT2D eigenvalue weighted by Gasteiger charge is -2.08. The first kappa shape index (κ1) is 13.8. The smallest absolute Gasteiger partial charge is 0.276 e. The Labute approximate surface area is 110 Å². The minimum atomic E-state index is -1.52. The third-order valence-corrected chi connectivity index (χ3v) is 2.51. The molecule has 0 aliphatic carbocycles. The number of aromatic nitrogens is 1. The van der Waals surface area contributed by atoms with E-state index in [0.717, 1.165) is 0 Å². The first-order valence-electron chi connectivity index (χ1n) is 5.33. The summed E-state index contributed by atoms with van der Waals surface area (Å²) in [6.45, 7) is 1.38. The topological polar surface area (TPSA) is 65.3 Å². The molecule has 0 atom stereocenters. The molecule has 20 heavy (non-hydrogen) atoms. The van der Waals surface area contributed by atoms with Crippen LogP contribution in [0.1, 0.15) is 5.56 Å². The lowest BCUT2D eigenvalue weighted by molar-refractivity contribution is -0.385. The summed E-state index contributed by atoms with van der Waals surface area (Å²) in [6.07, 6.45) is 0. The number of nitrogens with zero attached hydrogens (tertiary/aromatic N) is 2. The Morgan fingerprint density at radius 1 is 1.25 bits per heavy atom. The van der Waals surface area contributed by atoms with Crippen LogP contribution in [0.15, 0.2) is 24.3 Å². The molecule has 0 bridgehead atoms. The van der Waals surface area contributed by atoms with Crippen LogP contribution < -0.4 is 4.74 Å². The van der Waals surface area contributed by atoms with Gasteiger partial charge < -0.3 is 4.74 Å². The van der Waals surface area contributed by atoms with Crippen molar-refractivity contribution in [2.45, 2.75) is 6.92 Å². The summed E-state index contributed by atoms with van der Waals surface area (Å²) in [5, 5.41) is 10.7. The molecule has 0 unspecified atom stereocenters. The summed E-state index contributed by atoms with van der Waals surface area (Å²) >= 11 is 0. The Morgan fingerprint density at radius 2 is 1.95 bits per heavy atom. The minimum absolute atomic E-state index is 0.0726. The van der Waals surface area contributed by atoms with E-state index in [4.69, 9.17) is 4.74 Å². The highest BCUT2D eigenvalue weighted by atomic mass is 19.2. The van der Waals surface area contributed by atoms with Gasteiger partial charge in [-0.15, -0.1) is 0 Å². The molecule has 0 saturated heterocycles. The van der Waals surface area contributed by atoms with Crippen LogP contribution in [0.3, 0.4) is 0 Å². The summed E-state index contributed by atoms with van der Waals surface area (Å²) in [5.74, 6) is -5.06. The lowest BCUT2D eigenvalue weighted by atomic mass is 10.2. The van der Waals surface area contributed by atoms with Gasteiger partial charge in [0.1, 0.15) is 5.75 Å². The van der Waals surface area contributed by atoms with E-state index < -0.39 is 28.4 Å². The van der Waals surface area contributed by atoms with Gasteiger partial charge in [0.15, 0.2) is 11.6 Å². The molecule has 0 amide bonds. The van der Waals surface area contributed by atoms with Gasteiger partial charge in [0, 0.05) is 12.1 Å². The van der Waals surface area contributed by atoms with Crippen molar-refractivity contribution >= 4 is 5.69 Å². The fourth-order valence-electron chi connectivity index (χ4n) is 1.52. The summed E-state index contributed by atoms with van der Waals surface area (Å²) < 4.78 is 44.0. The van der Waals surface area contributed by atoms with Crippen molar-refractivity contribution in [2.24, 2.45) is 0 Å². The second-order valence-electron chi connectivity index (χ2n) is 3.81. The maximum absolute atomic E-state index is 13.4. The first-order valence-corrected chi connectivity index (χ1v) is 5.33. The molecule has 1 heterocycles. The second kappa shape index (κ2) is 5.16. The normalized spacial score (nSPS) is 10.4. The quantitative estimate of drug-likeness (QED) is 0.491. The summed E-state index contributed by atoms with van der Waals surface area (Å²) in [5.41, 5.74) is -0.131. The predicted molar refractivity (Wildman–Crippen MR) is 62.0 cm³/mol. The van der Waals surface area contributed by atoms with Crippen molar-refractivity contribution in [1.29, 1.82) is 0 Å². The highest BCUT2D eigenvalue weighted by Gasteiger charge is 2.18. The van der Waals surface area contributed by atoms with Gasteiger partial charge in [0.25, 0.3) is 17.5 Å². The molecule has 2 rings (SSSR count). The number of benzene rings is 1. The van der Waals surface area contributed by atoms with E-state index in [1.165, 1.54) is 25.1 Å². The van der Waals surface area contributed by atoms with E-state index in [1.54, 1.807) is 0 Å². The molecule has 0 aliphatic rings. The van der Waals surface area contributed by atoms with Crippen molar-refractivity contribution < 1.29 is 22.8 Å². The zero-order valence-corrected chi connectivity index (χ0v) is 10.1. The molecule has 5 nitrogen and oxygen atoms in total. The number of rotatable bonds is 3. The number of nitro benzene ring substituents is 1. The molecule has 0 N–H and O–H groups in total. The Hall–Kier alpha value is -2.64. The third-order valence-electron chi connectivity index (χ3n) is 2.51. The molecule has 1 aromatic carbocycles. The maximum Gasteiger partial charge on any atom is 0.276 e. The van der Waals surface area contributed by atoms with Crippen LogP contribution in [0, 0.1) is 34.6 Å². The highest BCUT2D eigenvalue weighted by molar-refractivity contribution is 5.49. The third kappa shape index (κ3) is 2.53. The summed E-state index contributed by atoms with van der Waals surface area (Å²) in [7, 11) is 0. The van der Waals surface area contributed by atoms with E-state index in [1.807, 2.05) is 0 Å². The van der Waals surface area contributed by atoms with Crippen molar-refractivity contribution in [3.8, 4) is 11.6 Å². The number of halogens is 3. The Balaban J connectivity index is 2.43. The van der Waals surface area contributed by atoms with E-state index in [0.29, 0.717) is 0 Å². The van der Waals surface area contributed by atoms with Crippen LogP contribution in [0.25, 0.3) is 0 Å². The van der Waals surface area contributed by atoms with Crippen molar-refractivity contribution in [3.63, 3.8) is 0 Å². The molecule has 8 heteroatoms. The maximum atomic E-state index is 13.4. The zero-order chi connectivity index (χ0) is 14.9. The number of hydrogen-bond acceptors (Lipinski definition) is 4. The monoisotopic (exact) mass is 284 g/mol. The van der Waals surface area contributed by atoms with Crippen molar-refractivity contribution in [2.75, 3.05) is 0 Å². The summed E-state index contributed by atoms with van der Waals surface area (Å²) in [4.78, 5) is 13.1. The van der Waals surface area contributed by atoms with Crippen LogP contribution in [0.4, 0.5) is 18.9 Å². The number of hydrogen-bond donors (Lipinski definition) is 0. The first-order chi connectivity index (χ1) is 9.40. The minimum Gasteiger partial charge on any atom is -0.436 e. The van der Waals surface area contributed by atoms with Gasteiger partial charge in [0.2, 0.25) is 0 Å². The standard InChI is InChI=1S/C12H7F3N2O3/c1-6-9(17(18)19)3-2-4-10(6)20-12-8(14)5-7(13)11(15)16-12/h2-5H,1H3. The molecule has 0 aliphatic heterocycles. The van der Waals surface area contributed by atoms with Gasteiger partial charge in [-0.25, -0.2) is 8.78 Å². The molecule has 0 saturated carbocycles. The molecular weight excluding hydrogens is 277 g/mol. The van der Waals surface area contributed by atoms with Gasteiger partial charge in [-0.3, -0.25) is 10.1 Å². The second-order valence-corrected chi connectivity index (χ2v) is 3.81. The van der Waals surface area contributed by atoms with E-state index in [9.17, 15) is 23.3 Å². The average Bonchev–Trinajstić information content (AvgIpc) is 2.37. The van der Waals surface area contributed by atoms with Crippen LogP contribution in [0.2, 0.25) is 0 Å². The van der Waals surface area contributed by atoms with Gasteiger partial charge >= 0.3 is 0 Å². The zero-order valence-electron chi connectivity index (χ0n) is 10.1. The molecular formula is C12H7F3N2O3. The molecule has 2 aromatic rings. The molecule has 104 valence electrons. The van der Waals surface area contributed by atoms with E-state index in [-0.39, 0.29) is 23.1 Å². The number of ether oxygens (including phenoxy) is 1. The van der Waals surface area contributed by atoms with Crippen molar-refractivity contribution in [1.82, 2.24) is 4.98 Å². The molecule has 0 spiro atoms. The van der Waals surface area contributed by atoms with Crippen molar-refractivity contribution in [3.05, 3.63) is 57.5 Å². The largest absolute Gasteiger partial charge is 0.436 e. The van der Waals surface area contributed by atoms with Gasteiger partial charge in [0.05, 0.1) is 10.5 Å². The molecule has 1 aromatic heterocycles. The average molecular weight is 284 g/mol. The predicted octanol–water partition coefficient (Wildman–Crippen LogP) is 3.51. The van der Waals surface area contributed by atoms with Crippen LogP contribution in [-0.4, -0.2) is 9.91 Å². The SMILES string of the molecule is Cc1c(Oc2nc(F)c(F)cc2F)cccc1[N+](=O)[O-]. The number of nitro groups is 1. The molecule has 0 fully saturated rings. The van der Waals surface area contributed by atoms with Crippen LogP contribution in [-0.2, 0) is 0 Å². The fraction of sp³-hybridized carbons (Fsp3) is 0.0833. The van der Waals surface area contributed by atoms with E-state index in [2.05, 4.69) is 4.98 Å². The fourth-order valence-corrected chi connectivity index (χ4v) is 1.52. The number of pyridine rings is 1. The Bertz CT molecular complexity index is 692. The van der Waals surface area contributed by atoms with Gasteiger partial charge in [-0.1, -0.05) is 6.07 Å². The van der Waals surface area contributed by atoms with Crippen LogP contribution in [0.5, 0.6) is 11.6 Å². The van der Waals surface area contributed by atoms with E-state index >= 15 is 0 Å². The molecule has 0 radical (unpaired) electrons. The van der Waals surface area contributed by atoms with Crippen LogP contribution >= 0.6 is 0 Å². The highest BCUT2D eigenvalue weighted by Crippen LogP contribution is 2.31.